The Balaban J connectivity index is 1.84. The Morgan fingerprint density at radius 3 is 2.35 bits per heavy atom. The number of benzene rings is 1. The first-order valence-corrected chi connectivity index (χ1v) is 7.81. The van der Waals surface area contributed by atoms with Gasteiger partial charge in [0.1, 0.15) is 0 Å². The van der Waals surface area contributed by atoms with Crippen molar-refractivity contribution >= 4 is 0 Å². The van der Waals surface area contributed by atoms with Gasteiger partial charge >= 0.3 is 0 Å². The Labute approximate surface area is 122 Å². The van der Waals surface area contributed by atoms with Crippen LogP contribution in [0.15, 0.2) is 30.3 Å². The van der Waals surface area contributed by atoms with Gasteiger partial charge in [0.05, 0.1) is 18.2 Å². The number of ether oxygens (including phenoxy) is 1. The van der Waals surface area contributed by atoms with Gasteiger partial charge in [0.2, 0.25) is 0 Å². The molecular formula is C17H27NO2. The molecule has 0 heterocycles. The van der Waals surface area contributed by atoms with Gasteiger partial charge in [-0.1, -0.05) is 56.0 Å². The molecule has 1 unspecified atom stereocenters. The molecule has 1 aliphatic rings. The molecule has 1 fully saturated rings. The fourth-order valence-electron chi connectivity index (χ4n) is 2.90. The molecule has 0 saturated heterocycles. The summed E-state index contributed by atoms with van der Waals surface area (Å²) in [6.45, 7) is 0.571. The molecular weight excluding hydrogens is 250 g/mol. The van der Waals surface area contributed by atoms with Crippen molar-refractivity contribution in [3.8, 4) is 0 Å². The largest absolute Gasteiger partial charge is 0.394 e. The van der Waals surface area contributed by atoms with Gasteiger partial charge in [-0.05, 0) is 24.8 Å². The normalized spacial score (nSPS) is 20.3. The molecule has 20 heavy (non-hydrogen) atoms. The van der Waals surface area contributed by atoms with Gasteiger partial charge in [-0.3, -0.25) is 0 Å². The number of hydrogen-bond acceptors (Lipinski definition) is 3. The molecule has 0 bridgehead atoms. The highest BCUT2D eigenvalue weighted by Gasteiger charge is 2.26. The van der Waals surface area contributed by atoms with E-state index in [1.54, 1.807) is 0 Å². The van der Waals surface area contributed by atoms with Crippen LogP contribution in [0.4, 0.5) is 0 Å². The van der Waals surface area contributed by atoms with Crippen LogP contribution < -0.4 is 5.73 Å². The molecule has 0 radical (unpaired) electrons. The van der Waals surface area contributed by atoms with Crippen molar-refractivity contribution in [2.45, 2.75) is 56.6 Å². The SMILES string of the molecule is NC(CO)(CCOC1CCCCCC1)c1ccccc1. The molecule has 0 amide bonds. The molecule has 0 aromatic heterocycles. The van der Waals surface area contributed by atoms with Gasteiger partial charge in [0.15, 0.2) is 0 Å². The zero-order valence-corrected chi connectivity index (χ0v) is 12.3. The Morgan fingerprint density at radius 1 is 1.10 bits per heavy atom. The standard InChI is InChI=1S/C17H27NO2/c18-17(14-19,15-8-4-3-5-9-15)12-13-20-16-10-6-1-2-7-11-16/h3-5,8-9,16,19H,1-2,6-7,10-14,18H2. The maximum atomic E-state index is 9.64. The highest BCUT2D eigenvalue weighted by molar-refractivity contribution is 5.23. The summed E-state index contributed by atoms with van der Waals surface area (Å²) in [6, 6.07) is 9.82. The van der Waals surface area contributed by atoms with E-state index in [-0.39, 0.29) is 6.61 Å². The van der Waals surface area contributed by atoms with Crippen LogP contribution in [0, 0.1) is 0 Å². The third-order valence-corrected chi connectivity index (χ3v) is 4.33. The number of aliphatic hydroxyl groups excluding tert-OH is 1. The third kappa shape index (κ3) is 4.30. The summed E-state index contributed by atoms with van der Waals surface area (Å²) in [6.07, 6.45) is 8.60. The number of nitrogens with two attached hydrogens (primary N) is 1. The van der Waals surface area contributed by atoms with Crippen LogP contribution in [0.2, 0.25) is 0 Å². The van der Waals surface area contributed by atoms with Gasteiger partial charge in [-0.2, -0.15) is 0 Å². The van der Waals surface area contributed by atoms with E-state index in [0.29, 0.717) is 19.1 Å². The second kappa shape index (κ2) is 7.77. The summed E-state index contributed by atoms with van der Waals surface area (Å²) in [4.78, 5) is 0. The molecule has 3 nitrogen and oxygen atoms in total. The molecule has 1 atom stereocenters. The zero-order valence-electron chi connectivity index (χ0n) is 12.3. The number of aliphatic hydroxyl groups is 1. The monoisotopic (exact) mass is 277 g/mol. The lowest BCUT2D eigenvalue weighted by molar-refractivity contribution is 0.0255. The van der Waals surface area contributed by atoms with Crippen LogP contribution in [0.25, 0.3) is 0 Å². The molecule has 3 N–H and O–H groups in total. The second-order valence-electron chi connectivity index (χ2n) is 5.91. The fourth-order valence-corrected chi connectivity index (χ4v) is 2.90. The summed E-state index contributed by atoms with van der Waals surface area (Å²) in [5, 5.41) is 9.64. The Kier molecular flexibility index (Phi) is 6.02. The highest BCUT2D eigenvalue weighted by atomic mass is 16.5. The predicted molar refractivity (Wildman–Crippen MR) is 81.5 cm³/mol. The average Bonchev–Trinajstić information content (AvgIpc) is 2.77. The summed E-state index contributed by atoms with van der Waals surface area (Å²) >= 11 is 0. The van der Waals surface area contributed by atoms with Crippen molar-refractivity contribution in [3.05, 3.63) is 35.9 Å². The van der Waals surface area contributed by atoms with E-state index in [2.05, 4.69) is 0 Å². The Hall–Kier alpha value is -0.900. The van der Waals surface area contributed by atoms with E-state index in [0.717, 1.165) is 5.56 Å². The van der Waals surface area contributed by atoms with Crippen molar-refractivity contribution < 1.29 is 9.84 Å². The molecule has 0 aliphatic heterocycles. The molecule has 2 rings (SSSR count). The van der Waals surface area contributed by atoms with Gasteiger partial charge < -0.3 is 15.6 Å². The minimum atomic E-state index is -0.689. The first-order chi connectivity index (χ1) is 9.74. The quantitative estimate of drug-likeness (QED) is 0.786. The van der Waals surface area contributed by atoms with Gasteiger partial charge in [0, 0.05) is 6.61 Å². The molecule has 1 saturated carbocycles. The molecule has 0 spiro atoms. The van der Waals surface area contributed by atoms with E-state index in [4.69, 9.17) is 10.5 Å². The van der Waals surface area contributed by atoms with Crippen molar-refractivity contribution in [2.75, 3.05) is 13.2 Å². The van der Waals surface area contributed by atoms with E-state index >= 15 is 0 Å². The van der Waals surface area contributed by atoms with Crippen LogP contribution >= 0.6 is 0 Å². The van der Waals surface area contributed by atoms with Crippen LogP contribution in [0.5, 0.6) is 0 Å². The highest BCUT2D eigenvalue weighted by Crippen LogP contribution is 2.24. The molecule has 112 valence electrons. The van der Waals surface area contributed by atoms with E-state index in [1.807, 2.05) is 30.3 Å². The van der Waals surface area contributed by atoms with Gasteiger partial charge in [0.25, 0.3) is 0 Å². The van der Waals surface area contributed by atoms with E-state index < -0.39 is 5.54 Å². The molecule has 1 aromatic carbocycles. The number of hydrogen-bond donors (Lipinski definition) is 2. The summed E-state index contributed by atoms with van der Waals surface area (Å²) in [5.41, 5.74) is 6.63. The Morgan fingerprint density at radius 2 is 1.75 bits per heavy atom. The van der Waals surface area contributed by atoms with Gasteiger partial charge in [-0.15, -0.1) is 0 Å². The maximum absolute atomic E-state index is 9.64. The minimum absolute atomic E-state index is 0.0506. The molecule has 1 aromatic rings. The lowest BCUT2D eigenvalue weighted by Crippen LogP contribution is -2.41. The van der Waals surface area contributed by atoms with Crippen LogP contribution in [0.1, 0.15) is 50.5 Å². The first-order valence-electron chi connectivity index (χ1n) is 7.81. The lowest BCUT2D eigenvalue weighted by Gasteiger charge is -2.28. The van der Waals surface area contributed by atoms with E-state index in [1.165, 1.54) is 38.5 Å². The minimum Gasteiger partial charge on any atom is -0.394 e. The smallest absolute Gasteiger partial charge is 0.0666 e. The summed E-state index contributed by atoms with van der Waals surface area (Å²) < 4.78 is 5.99. The first kappa shape index (κ1) is 15.5. The average molecular weight is 277 g/mol. The third-order valence-electron chi connectivity index (χ3n) is 4.33. The van der Waals surface area contributed by atoms with Crippen molar-refractivity contribution in [1.29, 1.82) is 0 Å². The van der Waals surface area contributed by atoms with Crippen molar-refractivity contribution in [3.63, 3.8) is 0 Å². The maximum Gasteiger partial charge on any atom is 0.0666 e. The van der Waals surface area contributed by atoms with Crippen LogP contribution in [0.3, 0.4) is 0 Å². The lowest BCUT2D eigenvalue weighted by atomic mass is 9.89. The predicted octanol–water partition coefficient (Wildman–Crippen LogP) is 2.96. The van der Waals surface area contributed by atoms with E-state index in [9.17, 15) is 5.11 Å². The van der Waals surface area contributed by atoms with Crippen LogP contribution in [-0.4, -0.2) is 24.4 Å². The van der Waals surface area contributed by atoms with Crippen molar-refractivity contribution in [2.24, 2.45) is 5.73 Å². The second-order valence-corrected chi connectivity index (χ2v) is 5.91. The molecule has 1 aliphatic carbocycles. The topological polar surface area (TPSA) is 55.5 Å². The summed E-state index contributed by atoms with van der Waals surface area (Å²) in [7, 11) is 0. The van der Waals surface area contributed by atoms with Gasteiger partial charge in [-0.25, -0.2) is 0 Å². The molecule has 3 heteroatoms. The van der Waals surface area contributed by atoms with Crippen molar-refractivity contribution in [1.82, 2.24) is 0 Å². The zero-order chi connectivity index (χ0) is 14.3. The summed E-state index contributed by atoms with van der Waals surface area (Å²) in [5.74, 6) is 0. The Bertz CT molecular complexity index is 374. The number of rotatable bonds is 6. The fraction of sp³-hybridized carbons (Fsp3) is 0.647. The van der Waals surface area contributed by atoms with Crippen LogP contribution in [-0.2, 0) is 10.3 Å².